The highest BCUT2D eigenvalue weighted by Gasteiger charge is 2.55. The lowest BCUT2D eigenvalue weighted by atomic mass is 9.68. The summed E-state index contributed by atoms with van der Waals surface area (Å²) in [5.41, 5.74) is -0.0717. The lowest BCUT2D eigenvalue weighted by molar-refractivity contribution is -0.145. The fourth-order valence-electron chi connectivity index (χ4n) is 7.82. The molecule has 7 nitrogen and oxygen atoms in total. The standard InChI is InChI=1S/C32H55N3O4/c1-21-19-34(20-22(2)39-21)27-28(36)35(32(33-27)17-13-25(14-18-32)31(6,7)8)26(15-16-30(3,4)5)23-9-11-24(12-10-23)29(37)38/h21-26H,9-20H2,1-8H3,(H,37,38). The van der Waals surface area contributed by atoms with Crippen LogP contribution in [0, 0.1) is 28.6 Å². The number of morpholine rings is 1. The number of amides is 1. The second-order valence-electron chi connectivity index (χ2n) is 15.5. The molecule has 3 unspecified atom stereocenters. The molecule has 0 aromatic carbocycles. The van der Waals surface area contributed by atoms with Crippen LogP contribution in [0.2, 0.25) is 0 Å². The van der Waals surface area contributed by atoms with Crippen molar-refractivity contribution in [1.29, 1.82) is 0 Å². The molecule has 7 heteroatoms. The monoisotopic (exact) mass is 545 g/mol. The molecule has 1 spiro atoms. The summed E-state index contributed by atoms with van der Waals surface area (Å²) in [6, 6.07) is 0.0924. The second-order valence-corrected chi connectivity index (χ2v) is 15.5. The van der Waals surface area contributed by atoms with Crippen LogP contribution in [0.15, 0.2) is 4.99 Å². The molecule has 2 saturated carbocycles. The van der Waals surface area contributed by atoms with E-state index in [1.54, 1.807) is 0 Å². The average Bonchev–Trinajstić information content (AvgIpc) is 3.10. The zero-order chi connectivity index (χ0) is 28.8. The van der Waals surface area contributed by atoms with E-state index in [2.05, 4.69) is 65.2 Å². The highest BCUT2D eigenvalue weighted by molar-refractivity contribution is 6.39. The van der Waals surface area contributed by atoms with Gasteiger partial charge in [0.05, 0.1) is 18.1 Å². The topological polar surface area (TPSA) is 82.4 Å². The van der Waals surface area contributed by atoms with Crippen molar-refractivity contribution < 1.29 is 19.4 Å². The van der Waals surface area contributed by atoms with E-state index in [4.69, 9.17) is 9.73 Å². The molecule has 39 heavy (non-hydrogen) atoms. The molecule has 2 aliphatic heterocycles. The van der Waals surface area contributed by atoms with Crippen molar-refractivity contribution >= 4 is 17.7 Å². The van der Waals surface area contributed by atoms with Gasteiger partial charge in [0.2, 0.25) is 0 Å². The Balaban J connectivity index is 1.68. The van der Waals surface area contributed by atoms with Crippen molar-refractivity contribution in [2.45, 2.75) is 144 Å². The Morgan fingerprint density at radius 1 is 1.00 bits per heavy atom. The number of aliphatic carboxylic acids is 1. The molecule has 4 aliphatic rings. The molecule has 3 fully saturated rings. The van der Waals surface area contributed by atoms with Gasteiger partial charge in [0.25, 0.3) is 5.91 Å². The molecular weight excluding hydrogens is 490 g/mol. The summed E-state index contributed by atoms with van der Waals surface area (Å²) in [4.78, 5) is 36.2. The van der Waals surface area contributed by atoms with Crippen LogP contribution in [0.1, 0.15) is 120 Å². The van der Waals surface area contributed by atoms with E-state index in [1.165, 1.54) is 0 Å². The molecule has 0 aromatic heterocycles. The van der Waals surface area contributed by atoms with Crippen LogP contribution in [0.25, 0.3) is 0 Å². The summed E-state index contributed by atoms with van der Waals surface area (Å²) >= 11 is 0. The van der Waals surface area contributed by atoms with Crippen LogP contribution in [-0.2, 0) is 14.3 Å². The summed E-state index contributed by atoms with van der Waals surface area (Å²) in [7, 11) is 0. The van der Waals surface area contributed by atoms with Gasteiger partial charge in [0, 0.05) is 19.1 Å². The van der Waals surface area contributed by atoms with Gasteiger partial charge in [-0.2, -0.15) is 0 Å². The van der Waals surface area contributed by atoms with Crippen molar-refractivity contribution in [3.05, 3.63) is 0 Å². The minimum atomic E-state index is -0.671. The predicted octanol–water partition coefficient (Wildman–Crippen LogP) is 6.35. The number of carboxylic acid groups (broad SMARTS) is 1. The lowest BCUT2D eigenvalue weighted by Crippen LogP contribution is -2.58. The number of carbonyl (C=O) groups excluding carboxylic acids is 1. The largest absolute Gasteiger partial charge is 0.481 e. The number of carbonyl (C=O) groups is 2. The van der Waals surface area contributed by atoms with Crippen molar-refractivity contribution in [2.75, 3.05) is 13.1 Å². The first kappa shape index (κ1) is 30.3. The number of hydrogen-bond donors (Lipinski definition) is 1. The molecule has 0 radical (unpaired) electrons. The van der Waals surface area contributed by atoms with E-state index in [-0.39, 0.29) is 40.9 Å². The molecule has 2 aliphatic carbocycles. The maximum atomic E-state index is 14.6. The zero-order valence-electron chi connectivity index (χ0n) is 26.0. The minimum absolute atomic E-state index is 0.0638. The Morgan fingerprint density at radius 3 is 2.05 bits per heavy atom. The van der Waals surface area contributed by atoms with E-state index >= 15 is 0 Å². The van der Waals surface area contributed by atoms with Gasteiger partial charge in [-0.25, -0.2) is 4.99 Å². The lowest BCUT2D eigenvalue weighted by Gasteiger charge is -2.50. The Hall–Kier alpha value is -1.63. The van der Waals surface area contributed by atoms with Crippen LogP contribution in [0.3, 0.4) is 0 Å². The van der Waals surface area contributed by atoms with Crippen molar-refractivity contribution in [1.82, 2.24) is 9.80 Å². The number of aliphatic imine (C=N–C) groups is 1. The second kappa shape index (κ2) is 11.3. The van der Waals surface area contributed by atoms with Crippen LogP contribution < -0.4 is 0 Å². The number of rotatable bonds is 5. The van der Waals surface area contributed by atoms with E-state index in [0.717, 1.165) is 51.4 Å². The van der Waals surface area contributed by atoms with Gasteiger partial charge in [-0.1, -0.05) is 41.5 Å². The highest BCUT2D eigenvalue weighted by atomic mass is 16.5. The Bertz CT molecular complexity index is 907. The molecule has 0 aromatic rings. The molecule has 1 saturated heterocycles. The number of hydrogen-bond acceptors (Lipinski definition) is 5. The quantitative estimate of drug-likeness (QED) is 0.435. The van der Waals surface area contributed by atoms with Crippen LogP contribution in [0.5, 0.6) is 0 Å². The van der Waals surface area contributed by atoms with E-state index in [9.17, 15) is 14.7 Å². The fourth-order valence-corrected chi connectivity index (χ4v) is 7.82. The Morgan fingerprint density at radius 2 is 1.56 bits per heavy atom. The number of carboxylic acids is 1. The summed E-state index contributed by atoms with van der Waals surface area (Å²) in [6.07, 6.45) is 9.25. The van der Waals surface area contributed by atoms with Gasteiger partial charge in [0.15, 0.2) is 5.84 Å². The molecule has 4 rings (SSSR count). The van der Waals surface area contributed by atoms with E-state index in [0.29, 0.717) is 43.6 Å². The van der Waals surface area contributed by atoms with Crippen molar-refractivity contribution in [3.63, 3.8) is 0 Å². The van der Waals surface area contributed by atoms with Gasteiger partial charge < -0.3 is 19.6 Å². The van der Waals surface area contributed by atoms with Gasteiger partial charge in [-0.05, 0) is 101 Å². The Labute approximate surface area is 237 Å². The fraction of sp³-hybridized carbons (Fsp3) is 0.906. The normalized spacial score (nSPS) is 35.3. The third-order valence-electron chi connectivity index (χ3n) is 10.1. The van der Waals surface area contributed by atoms with E-state index in [1.807, 2.05) is 0 Å². The zero-order valence-corrected chi connectivity index (χ0v) is 26.0. The van der Waals surface area contributed by atoms with Crippen molar-refractivity contribution in [3.8, 4) is 0 Å². The van der Waals surface area contributed by atoms with Crippen molar-refractivity contribution in [2.24, 2.45) is 33.6 Å². The maximum absolute atomic E-state index is 14.6. The summed E-state index contributed by atoms with van der Waals surface area (Å²) < 4.78 is 6.00. The van der Waals surface area contributed by atoms with Crippen LogP contribution >= 0.6 is 0 Å². The first-order chi connectivity index (χ1) is 18.1. The van der Waals surface area contributed by atoms with Gasteiger partial charge in [0.1, 0.15) is 5.66 Å². The predicted molar refractivity (Wildman–Crippen MR) is 156 cm³/mol. The summed E-state index contributed by atoms with van der Waals surface area (Å²) in [5, 5.41) is 9.64. The molecule has 1 amide bonds. The summed E-state index contributed by atoms with van der Waals surface area (Å²) in [6.45, 7) is 19.4. The molecule has 222 valence electrons. The third kappa shape index (κ3) is 6.82. The molecule has 1 N–H and O–H groups in total. The molecule has 0 bridgehead atoms. The molecule has 2 heterocycles. The molecule has 3 atom stereocenters. The van der Waals surface area contributed by atoms with Crippen LogP contribution in [0.4, 0.5) is 0 Å². The van der Waals surface area contributed by atoms with Crippen LogP contribution in [-0.4, -0.2) is 69.6 Å². The first-order valence-electron chi connectivity index (χ1n) is 15.7. The number of nitrogens with zero attached hydrogens (tertiary/aromatic N) is 3. The average molecular weight is 546 g/mol. The molecular formula is C32H55N3O4. The number of ether oxygens (including phenoxy) is 1. The summed E-state index contributed by atoms with van der Waals surface area (Å²) in [5.74, 6) is 0.771. The SMILES string of the molecule is CC1CN(C2=NC3(CCC(C(C)(C)C)CC3)N(C(CCC(C)(C)C)C3CCC(C(=O)O)CC3)C2=O)CC(C)O1. The van der Waals surface area contributed by atoms with Gasteiger partial charge in [-0.3, -0.25) is 9.59 Å². The highest BCUT2D eigenvalue weighted by Crippen LogP contribution is 2.49. The minimum Gasteiger partial charge on any atom is -0.481 e. The first-order valence-corrected chi connectivity index (χ1v) is 15.7. The number of amidine groups is 1. The van der Waals surface area contributed by atoms with Gasteiger partial charge in [-0.15, -0.1) is 0 Å². The Kier molecular flexibility index (Phi) is 8.81. The van der Waals surface area contributed by atoms with Gasteiger partial charge >= 0.3 is 5.97 Å². The van der Waals surface area contributed by atoms with E-state index < -0.39 is 11.6 Å². The maximum Gasteiger partial charge on any atom is 0.306 e. The third-order valence-corrected chi connectivity index (χ3v) is 10.1. The smallest absolute Gasteiger partial charge is 0.306 e.